The van der Waals surface area contributed by atoms with E-state index in [0.717, 1.165) is 12.8 Å². The Morgan fingerprint density at radius 3 is 2.72 bits per heavy atom. The molecule has 1 aliphatic heterocycles. The van der Waals surface area contributed by atoms with Crippen LogP contribution >= 0.6 is 11.6 Å². The van der Waals surface area contributed by atoms with Gasteiger partial charge >= 0.3 is 0 Å². The number of nitrogens with zero attached hydrogens (tertiary/aromatic N) is 4. The molecule has 10 heteroatoms. The van der Waals surface area contributed by atoms with Crippen LogP contribution in [0.1, 0.15) is 37.5 Å². The fourth-order valence-corrected chi connectivity index (χ4v) is 3.73. The van der Waals surface area contributed by atoms with Crippen molar-refractivity contribution in [3.05, 3.63) is 17.2 Å². The molecule has 3 heterocycles. The quantitative estimate of drug-likeness (QED) is 0.606. The van der Waals surface area contributed by atoms with Crippen LogP contribution in [-0.4, -0.2) is 65.9 Å². The molecule has 25 heavy (non-hydrogen) atoms. The minimum Gasteiger partial charge on any atom is -0.394 e. The summed E-state index contributed by atoms with van der Waals surface area (Å²) in [5.41, 5.74) is 0.917. The van der Waals surface area contributed by atoms with Gasteiger partial charge < -0.3 is 25.4 Å². The van der Waals surface area contributed by atoms with Crippen molar-refractivity contribution < 1.29 is 20.1 Å². The summed E-state index contributed by atoms with van der Waals surface area (Å²) >= 11 is 6.06. The maximum absolute atomic E-state index is 10.2. The third-order valence-corrected chi connectivity index (χ3v) is 5.05. The standard InChI is InChI=1S/C15H20ClN5O4/c16-15-19-13(18-7-3-1-2-4-7)14-17-5-8(21(14)20-15)12-11(24)10(23)9(6-22)25-12/h5,7,9-12,22-24H,1-4,6H2,(H,18,19,20)/t9?,10-,11-,12?/m1/s1. The summed E-state index contributed by atoms with van der Waals surface area (Å²) in [4.78, 5) is 8.58. The molecule has 2 fully saturated rings. The van der Waals surface area contributed by atoms with Gasteiger partial charge in [0.05, 0.1) is 18.5 Å². The number of halogens is 1. The van der Waals surface area contributed by atoms with Crippen LogP contribution in [0.5, 0.6) is 0 Å². The van der Waals surface area contributed by atoms with E-state index in [1.165, 1.54) is 23.6 Å². The van der Waals surface area contributed by atoms with E-state index in [9.17, 15) is 15.3 Å². The second kappa shape index (κ2) is 6.65. The van der Waals surface area contributed by atoms with Gasteiger partial charge in [-0.15, -0.1) is 5.10 Å². The van der Waals surface area contributed by atoms with E-state index in [-0.39, 0.29) is 5.28 Å². The maximum atomic E-state index is 10.2. The molecule has 4 N–H and O–H groups in total. The predicted molar refractivity (Wildman–Crippen MR) is 88.4 cm³/mol. The Kier molecular flexibility index (Phi) is 4.50. The predicted octanol–water partition coefficient (Wildman–Crippen LogP) is 0.286. The van der Waals surface area contributed by atoms with Gasteiger partial charge in [0.1, 0.15) is 24.4 Å². The summed E-state index contributed by atoms with van der Waals surface area (Å²) in [5, 5.41) is 37.0. The third kappa shape index (κ3) is 2.96. The van der Waals surface area contributed by atoms with Gasteiger partial charge in [-0.2, -0.15) is 4.98 Å². The number of fused-ring (bicyclic) bond motifs is 1. The molecule has 4 rings (SSSR count). The van der Waals surface area contributed by atoms with Crippen LogP contribution in [0.2, 0.25) is 5.28 Å². The summed E-state index contributed by atoms with van der Waals surface area (Å²) in [6.07, 6.45) is 1.88. The van der Waals surface area contributed by atoms with Gasteiger partial charge in [-0.25, -0.2) is 9.50 Å². The van der Waals surface area contributed by atoms with E-state index >= 15 is 0 Å². The first-order valence-corrected chi connectivity index (χ1v) is 8.76. The molecule has 9 nitrogen and oxygen atoms in total. The molecular formula is C15H20ClN5O4. The molecule has 0 spiro atoms. The van der Waals surface area contributed by atoms with Gasteiger partial charge in [-0.05, 0) is 24.4 Å². The van der Waals surface area contributed by atoms with Crippen molar-refractivity contribution in [1.82, 2.24) is 19.6 Å². The second-order valence-corrected chi connectivity index (χ2v) is 6.87. The minimum atomic E-state index is -1.20. The van der Waals surface area contributed by atoms with Gasteiger partial charge in [0, 0.05) is 6.04 Å². The van der Waals surface area contributed by atoms with Gasteiger partial charge in [-0.1, -0.05) is 12.8 Å². The first-order valence-electron chi connectivity index (χ1n) is 8.38. The first kappa shape index (κ1) is 16.9. The zero-order valence-electron chi connectivity index (χ0n) is 13.4. The van der Waals surface area contributed by atoms with Crippen LogP contribution in [0.4, 0.5) is 5.82 Å². The van der Waals surface area contributed by atoms with Crippen LogP contribution in [0, 0.1) is 0 Å². The van der Waals surface area contributed by atoms with Crippen molar-refractivity contribution >= 4 is 23.1 Å². The van der Waals surface area contributed by atoms with E-state index in [1.807, 2.05) is 0 Å². The van der Waals surface area contributed by atoms with Gasteiger partial charge in [0.25, 0.3) is 0 Å². The van der Waals surface area contributed by atoms with Crippen molar-refractivity contribution in [2.75, 3.05) is 11.9 Å². The Morgan fingerprint density at radius 1 is 1.28 bits per heavy atom. The molecule has 0 radical (unpaired) electrons. The first-order chi connectivity index (χ1) is 12.1. The summed E-state index contributed by atoms with van der Waals surface area (Å²) in [5.74, 6) is 0.532. The number of aliphatic hydroxyl groups excluding tert-OH is 3. The van der Waals surface area contributed by atoms with Crippen molar-refractivity contribution in [2.45, 2.75) is 56.1 Å². The highest BCUT2D eigenvalue weighted by molar-refractivity contribution is 6.28. The number of hydrogen-bond acceptors (Lipinski definition) is 8. The lowest BCUT2D eigenvalue weighted by molar-refractivity contribution is -0.0244. The Hall–Kier alpha value is -1.52. The number of rotatable bonds is 4. The lowest BCUT2D eigenvalue weighted by Crippen LogP contribution is -2.32. The number of aliphatic hydroxyl groups is 3. The molecule has 1 saturated carbocycles. The summed E-state index contributed by atoms with van der Waals surface area (Å²) in [7, 11) is 0. The van der Waals surface area contributed by atoms with Crippen LogP contribution < -0.4 is 5.32 Å². The zero-order chi connectivity index (χ0) is 17.6. The van der Waals surface area contributed by atoms with E-state index in [2.05, 4.69) is 20.4 Å². The molecular weight excluding hydrogens is 350 g/mol. The van der Waals surface area contributed by atoms with E-state index < -0.39 is 31.0 Å². The third-order valence-electron chi connectivity index (χ3n) is 4.89. The van der Waals surface area contributed by atoms with Crippen LogP contribution in [0.15, 0.2) is 6.20 Å². The molecule has 0 aromatic carbocycles. The monoisotopic (exact) mass is 369 g/mol. The molecule has 1 aliphatic carbocycles. The average Bonchev–Trinajstić information content (AvgIpc) is 3.29. The second-order valence-electron chi connectivity index (χ2n) is 6.53. The highest BCUT2D eigenvalue weighted by Gasteiger charge is 2.44. The van der Waals surface area contributed by atoms with Crippen molar-refractivity contribution in [2.24, 2.45) is 0 Å². The molecule has 1 saturated heterocycles. The van der Waals surface area contributed by atoms with Crippen LogP contribution in [0.3, 0.4) is 0 Å². The summed E-state index contributed by atoms with van der Waals surface area (Å²) in [6.45, 7) is -0.393. The Balaban J connectivity index is 1.70. The smallest absolute Gasteiger partial charge is 0.243 e. The number of nitrogens with one attached hydrogen (secondary N) is 1. The number of imidazole rings is 1. The maximum Gasteiger partial charge on any atom is 0.243 e. The molecule has 0 bridgehead atoms. The molecule has 2 unspecified atom stereocenters. The normalized spacial score (nSPS) is 30.4. The molecule has 0 amide bonds. The highest BCUT2D eigenvalue weighted by atomic mass is 35.5. The summed E-state index contributed by atoms with van der Waals surface area (Å²) < 4.78 is 7.03. The Morgan fingerprint density at radius 2 is 2.04 bits per heavy atom. The van der Waals surface area contributed by atoms with Crippen LogP contribution in [-0.2, 0) is 4.74 Å². The fourth-order valence-electron chi connectivity index (χ4n) is 3.57. The van der Waals surface area contributed by atoms with E-state index in [4.69, 9.17) is 16.3 Å². The molecule has 136 valence electrons. The average molecular weight is 370 g/mol. The molecule has 4 atom stereocenters. The Labute approximate surface area is 148 Å². The number of ether oxygens (including phenoxy) is 1. The SMILES string of the molecule is OCC1OC(c2cnc3c(NC4CCCC4)nc(Cl)nn23)[C@H](O)[C@@H]1O. The van der Waals surface area contributed by atoms with E-state index in [1.54, 1.807) is 0 Å². The van der Waals surface area contributed by atoms with Crippen LogP contribution in [0.25, 0.3) is 5.65 Å². The van der Waals surface area contributed by atoms with Crippen molar-refractivity contribution in [1.29, 1.82) is 0 Å². The Bertz CT molecular complexity index is 766. The number of anilines is 1. The largest absolute Gasteiger partial charge is 0.394 e. The number of hydrogen-bond donors (Lipinski definition) is 4. The number of aromatic nitrogens is 4. The summed E-state index contributed by atoms with van der Waals surface area (Å²) in [6, 6.07) is 0.323. The zero-order valence-corrected chi connectivity index (χ0v) is 14.2. The van der Waals surface area contributed by atoms with Gasteiger partial charge in [0.15, 0.2) is 11.5 Å². The van der Waals surface area contributed by atoms with E-state index in [0.29, 0.717) is 23.2 Å². The highest BCUT2D eigenvalue weighted by Crippen LogP contribution is 2.34. The fraction of sp³-hybridized carbons (Fsp3) is 0.667. The lowest BCUT2D eigenvalue weighted by Gasteiger charge is -2.15. The lowest BCUT2D eigenvalue weighted by atomic mass is 10.1. The minimum absolute atomic E-state index is 0.0407. The topological polar surface area (TPSA) is 125 Å². The van der Waals surface area contributed by atoms with Crippen molar-refractivity contribution in [3.63, 3.8) is 0 Å². The van der Waals surface area contributed by atoms with Crippen molar-refractivity contribution in [3.8, 4) is 0 Å². The molecule has 2 aromatic rings. The molecule has 2 aliphatic rings. The van der Waals surface area contributed by atoms with Gasteiger partial charge in [0.2, 0.25) is 5.28 Å². The molecule has 2 aromatic heterocycles. The van der Waals surface area contributed by atoms with Gasteiger partial charge in [-0.3, -0.25) is 0 Å².